The molecule has 1 aliphatic rings. The van der Waals surface area contributed by atoms with Crippen LogP contribution in [0.1, 0.15) is 39.5 Å². The molecule has 0 radical (unpaired) electrons. The van der Waals surface area contributed by atoms with E-state index >= 15 is 0 Å². The Morgan fingerprint density at radius 1 is 1.21 bits per heavy atom. The van der Waals surface area contributed by atoms with Crippen LogP contribution in [-0.4, -0.2) is 43.7 Å². The average Bonchev–Trinajstić information content (AvgIpc) is 2.85. The van der Waals surface area contributed by atoms with Crippen molar-refractivity contribution in [3.05, 3.63) is 0 Å². The summed E-state index contributed by atoms with van der Waals surface area (Å²) in [5.41, 5.74) is -0.729. The van der Waals surface area contributed by atoms with E-state index in [9.17, 15) is 9.59 Å². The van der Waals surface area contributed by atoms with Crippen LogP contribution in [0, 0.1) is 0 Å². The van der Waals surface area contributed by atoms with Gasteiger partial charge in [-0.25, -0.2) is 4.79 Å². The fourth-order valence-electron chi connectivity index (χ4n) is 2.33. The minimum absolute atomic E-state index is 0.0710. The van der Waals surface area contributed by atoms with Crippen LogP contribution in [0.4, 0.5) is 4.79 Å². The number of rotatable bonds is 6. The van der Waals surface area contributed by atoms with Gasteiger partial charge in [-0.05, 0) is 33.7 Å². The molecule has 6 heteroatoms. The molecular weight excluding hydrogens is 244 g/mol. The highest BCUT2D eigenvalue weighted by Gasteiger charge is 2.42. The molecule has 3 amide bonds. The van der Waals surface area contributed by atoms with Crippen LogP contribution < -0.4 is 21.3 Å². The molecule has 4 N–H and O–H groups in total. The summed E-state index contributed by atoms with van der Waals surface area (Å²) in [5.74, 6) is -0.0710. The molecule has 1 rings (SSSR count). The number of hydrogen-bond donors (Lipinski definition) is 4. The van der Waals surface area contributed by atoms with Crippen LogP contribution in [0.25, 0.3) is 0 Å². The molecule has 1 atom stereocenters. The summed E-state index contributed by atoms with van der Waals surface area (Å²) in [6.07, 6.45) is 3.37. The third-order valence-electron chi connectivity index (χ3n) is 3.64. The second-order valence-electron chi connectivity index (χ2n) is 5.17. The summed E-state index contributed by atoms with van der Waals surface area (Å²) in [6, 6.07) is -0.0481. The fraction of sp³-hybridized carbons (Fsp3) is 0.846. The van der Waals surface area contributed by atoms with Crippen LogP contribution in [-0.2, 0) is 4.79 Å². The summed E-state index contributed by atoms with van der Waals surface area (Å²) >= 11 is 0. The van der Waals surface area contributed by atoms with Gasteiger partial charge in [-0.15, -0.1) is 0 Å². The van der Waals surface area contributed by atoms with E-state index in [0.29, 0.717) is 25.9 Å². The monoisotopic (exact) mass is 270 g/mol. The zero-order valence-electron chi connectivity index (χ0n) is 12.1. The average molecular weight is 270 g/mol. The minimum atomic E-state index is -0.729. The van der Waals surface area contributed by atoms with Crippen molar-refractivity contribution in [2.75, 3.05) is 20.1 Å². The maximum atomic E-state index is 12.3. The van der Waals surface area contributed by atoms with Gasteiger partial charge in [0.1, 0.15) is 5.54 Å². The second kappa shape index (κ2) is 7.33. The molecule has 0 aromatic heterocycles. The maximum Gasteiger partial charge on any atom is 0.315 e. The van der Waals surface area contributed by atoms with Crippen LogP contribution in [0.3, 0.4) is 0 Å². The first kappa shape index (κ1) is 15.8. The molecule has 1 fully saturated rings. The third kappa shape index (κ3) is 4.38. The highest BCUT2D eigenvalue weighted by Crippen LogP contribution is 2.29. The highest BCUT2D eigenvalue weighted by atomic mass is 16.2. The van der Waals surface area contributed by atoms with Gasteiger partial charge in [-0.3, -0.25) is 4.79 Å². The minimum Gasteiger partial charge on any atom is -0.353 e. The lowest BCUT2D eigenvalue weighted by molar-refractivity contribution is -0.127. The van der Waals surface area contributed by atoms with Crippen LogP contribution >= 0.6 is 0 Å². The van der Waals surface area contributed by atoms with Gasteiger partial charge < -0.3 is 21.3 Å². The van der Waals surface area contributed by atoms with E-state index in [4.69, 9.17) is 0 Å². The lowest BCUT2D eigenvalue weighted by atomic mass is 9.96. The van der Waals surface area contributed by atoms with E-state index < -0.39 is 5.54 Å². The first-order valence-corrected chi connectivity index (χ1v) is 7.05. The Bertz CT molecular complexity index is 314. The molecule has 19 heavy (non-hydrogen) atoms. The van der Waals surface area contributed by atoms with Gasteiger partial charge in [-0.2, -0.15) is 0 Å². The SMILES string of the molecule is CCNC(=O)NC1(C(=O)NCC(C)NC)CCCC1. The van der Waals surface area contributed by atoms with Gasteiger partial charge in [0, 0.05) is 19.1 Å². The number of likely N-dealkylation sites (N-methyl/N-ethyl adjacent to an activating group) is 1. The molecule has 0 saturated heterocycles. The molecule has 1 aliphatic carbocycles. The van der Waals surface area contributed by atoms with E-state index in [0.717, 1.165) is 12.8 Å². The molecule has 110 valence electrons. The predicted molar refractivity (Wildman–Crippen MR) is 74.9 cm³/mol. The van der Waals surface area contributed by atoms with Crippen LogP contribution in [0.15, 0.2) is 0 Å². The van der Waals surface area contributed by atoms with E-state index in [1.165, 1.54) is 0 Å². The van der Waals surface area contributed by atoms with Crippen molar-refractivity contribution < 1.29 is 9.59 Å². The topological polar surface area (TPSA) is 82.3 Å². The van der Waals surface area contributed by atoms with Gasteiger partial charge in [0.2, 0.25) is 5.91 Å². The number of nitrogens with one attached hydrogen (secondary N) is 4. The molecule has 6 nitrogen and oxygen atoms in total. The third-order valence-corrected chi connectivity index (χ3v) is 3.64. The molecule has 1 saturated carbocycles. The summed E-state index contributed by atoms with van der Waals surface area (Å²) < 4.78 is 0. The zero-order valence-corrected chi connectivity index (χ0v) is 12.1. The Morgan fingerprint density at radius 2 is 1.84 bits per heavy atom. The van der Waals surface area contributed by atoms with E-state index in [1.807, 2.05) is 20.9 Å². The van der Waals surface area contributed by atoms with Gasteiger partial charge in [0.25, 0.3) is 0 Å². The Balaban J connectivity index is 2.59. The van der Waals surface area contributed by atoms with E-state index in [-0.39, 0.29) is 18.0 Å². The second-order valence-corrected chi connectivity index (χ2v) is 5.17. The van der Waals surface area contributed by atoms with Crippen molar-refractivity contribution in [2.45, 2.75) is 51.1 Å². The molecule has 0 aromatic rings. The normalized spacial score (nSPS) is 18.7. The number of carbonyl (C=O) groups is 2. The Morgan fingerprint density at radius 3 is 2.37 bits per heavy atom. The molecule has 0 heterocycles. The Labute approximate surface area is 115 Å². The van der Waals surface area contributed by atoms with Crippen molar-refractivity contribution in [1.82, 2.24) is 21.3 Å². The fourth-order valence-corrected chi connectivity index (χ4v) is 2.33. The van der Waals surface area contributed by atoms with Crippen molar-refractivity contribution in [3.63, 3.8) is 0 Å². The van der Waals surface area contributed by atoms with Crippen LogP contribution in [0.2, 0.25) is 0 Å². The summed E-state index contributed by atoms with van der Waals surface area (Å²) in [4.78, 5) is 24.0. The highest BCUT2D eigenvalue weighted by molar-refractivity contribution is 5.91. The van der Waals surface area contributed by atoms with Gasteiger partial charge in [0.15, 0.2) is 0 Å². The molecule has 1 unspecified atom stereocenters. The largest absolute Gasteiger partial charge is 0.353 e. The van der Waals surface area contributed by atoms with E-state index in [1.54, 1.807) is 0 Å². The zero-order chi connectivity index (χ0) is 14.3. The molecule has 0 spiro atoms. The van der Waals surface area contributed by atoms with Crippen LogP contribution in [0.5, 0.6) is 0 Å². The number of hydrogen-bond acceptors (Lipinski definition) is 3. The number of carbonyl (C=O) groups excluding carboxylic acids is 2. The predicted octanol–water partition coefficient (Wildman–Crippen LogP) is 0.342. The van der Waals surface area contributed by atoms with Crippen molar-refractivity contribution in [3.8, 4) is 0 Å². The number of urea groups is 1. The van der Waals surface area contributed by atoms with Crippen molar-refractivity contribution in [2.24, 2.45) is 0 Å². The van der Waals surface area contributed by atoms with Gasteiger partial charge in [0.05, 0.1) is 0 Å². The molecule has 0 aliphatic heterocycles. The summed E-state index contributed by atoms with van der Waals surface area (Å²) in [5, 5.41) is 11.5. The van der Waals surface area contributed by atoms with Gasteiger partial charge >= 0.3 is 6.03 Å². The summed E-state index contributed by atoms with van der Waals surface area (Å²) in [6.45, 7) is 4.98. The van der Waals surface area contributed by atoms with E-state index in [2.05, 4.69) is 21.3 Å². The maximum absolute atomic E-state index is 12.3. The number of amides is 3. The smallest absolute Gasteiger partial charge is 0.315 e. The Hall–Kier alpha value is -1.30. The lowest BCUT2D eigenvalue weighted by Crippen LogP contribution is -2.60. The standard InChI is InChI=1S/C13H26N4O2/c1-4-15-12(19)17-13(7-5-6-8-13)11(18)16-9-10(2)14-3/h10,14H,4-9H2,1-3H3,(H,16,18)(H2,15,17,19). The Kier molecular flexibility index (Phi) is 6.08. The van der Waals surface area contributed by atoms with Crippen molar-refractivity contribution in [1.29, 1.82) is 0 Å². The lowest BCUT2D eigenvalue weighted by Gasteiger charge is -2.29. The first-order valence-electron chi connectivity index (χ1n) is 7.05. The molecule has 0 bridgehead atoms. The summed E-state index contributed by atoms with van der Waals surface area (Å²) in [7, 11) is 1.86. The molecule has 0 aromatic carbocycles. The quantitative estimate of drug-likeness (QED) is 0.562. The van der Waals surface area contributed by atoms with Crippen molar-refractivity contribution >= 4 is 11.9 Å². The first-order chi connectivity index (χ1) is 9.04. The molecular formula is C13H26N4O2. The van der Waals surface area contributed by atoms with Gasteiger partial charge in [-0.1, -0.05) is 12.8 Å².